The lowest BCUT2D eigenvalue weighted by atomic mass is 10.1. The van der Waals surface area contributed by atoms with Crippen molar-refractivity contribution in [2.45, 2.75) is 20.8 Å². The lowest BCUT2D eigenvalue weighted by molar-refractivity contribution is 0.459. The van der Waals surface area contributed by atoms with Crippen molar-refractivity contribution in [3.8, 4) is 17.1 Å². The first kappa shape index (κ1) is 16.5. The number of nitrogens with one attached hydrogen (secondary N) is 1. The van der Waals surface area contributed by atoms with Gasteiger partial charge in [-0.25, -0.2) is 4.98 Å². The van der Waals surface area contributed by atoms with E-state index in [0.717, 1.165) is 33.3 Å². The van der Waals surface area contributed by atoms with Crippen LogP contribution < -0.4 is 0 Å². The number of rotatable bonds is 3. The zero-order valence-electron chi connectivity index (χ0n) is 14.7. The molecule has 4 rings (SSSR count). The summed E-state index contributed by atoms with van der Waals surface area (Å²) < 4.78 is 0. The van der Waals surface area contributed by atoms with E-state index in [1.807, 2.05) is 37.4 Å². The molecule has 0 aliphatic heterocycles. The molecule has 0 unspecified atom stereocenters. The van der Waals surface area contributed by atoms with Gasteiger partial charge in [-0.2, -0.15) is 0 Å². The Bertz CT molecular complexity index is 1120. The van der Waals surface area contributed by atoms with Crippen LogP contribution in [0.25, 0.3) is 22.2 Å². The van der Waals surface area contributed by atoms with Crippen LogP contribution >= 0.6 is 11.3 Å². The maximum Gasteiger partial charge on any atom is 0.230 e. The van der Waals surface area contributed by atoms with Crippen molar-refractivity contribution in [2.24, 2.45) is 10.2 Å². The van der Waals surface area contributed by atoms with Crippen LogP contribution in [0, 0.1) is 20.8 Å². The van der Waals surface area contributed by atoms with Crippen molar-refractivity contribution in [1.29, 1.82) is 0 Å². The van der Waals surface area contributed by atoms with Gasteiger partial charge in [0.25, 0.3) is 0 Å². The van der Waals surface area contributed by atoms with Crippen molar-refractivity contribution in [3.63, 3.8) is 0 Å². The number of nitrogens with zero attached hydrogens (tertiary/aromatic N) is 3. The smallest absolute Gasteiger partial charge is 0.230 e. The number of H-pyrrole nitrogens is 1. The Morgan fingerprint density at radius 1 is 1.00 bits per heavy atom. The zero-order valence-corrected chi connectivity index (χ0v) is 15.6. The second-order valence-electron chi connectivity index (χ2n) is 6.41. The SMILES string of the molecule is Cc1ccc(-c2csc(N=Nc3c(O)[nH]c4c(C)cc(C)cc34)n2)cc1. The van der Waals surface area contributed by atoms with E-state index in [2.05, 4.69) is 45.3 Å². The maximum absolute atomic E-state index is 10.2. The van der Waals surface area contributed by atoms with Crippen LogP contribution in [0.15, 0.2) is 52.0 Å². The predicted octanol–water partition coefficient (Wildman–Crippen LogP) is 6.34. The average molecular weight is 362 g/mol. The Morgan fingerprint density at radius 3 is 2.54 bits per heavy atom. The number of aromatic hydroxyl groups is 1. The normalized spacial score (nSPS) is 11.7. The van der Waals surface area contributed by atoms with E-state index in [1.165, 1.54) is 16.9 Å². The average Bonchev–Trinajstić information content (AvgIpc) is 3.19. The third-order valence-corrected chi connectivity index (χ3v) is 5.00. The Morgan fingerprint density at radius 2 is 1.77 bits per heavy atom. The quantitative estimate of drug-likeness (QED) is 0.417. The second kappa shape index (κ2) is 6.38. The fourth-order valence-electron chi connectivity index (χ4n) is 2.99. The number of aryl methyl sites for hydroxylation is 3. The van der Waals surface area contributed by atoms with Crippen molar-refractivity contribution >= 4 is 33.1 Å². The fourth-order valence-corrected chi connectivity index (χ4v) is 3.63. The Kier molecular flexibility index (Phi) is 4.05. The first-order valence-corrected chi connectivity index (χ1v) is 9.15. The molecule has 0 bridgehead atoms. The molecule has 2 N–H and O–H groups in total. The third-order valence-electron chi connectivity index (χ3n) is 4.28. The molecule has 0 amide bonds. The second-order valence-corrected chi connectivity index (χ2v) is 7.24. The highest BCUT2D eigenvalue weighted by atomic mass is 32.1. The minimum Gasteiger partial charge on any atom is -0.493 e. The first-order valence-electron chi connectivity index (χ1n) is 8.27. The monoisotopic (exact) mass is 362 g/mol. The maximum atomic E-state index is 10.2. The number of benzene rings is 2. The molecule has 2 aromatic carbocycles. The molecular weight excluding hydrogens is 344 g/mol. The number of hydrogen-bond donors (Lipinski definition) is 2. The van der Waals surface area contributed by atoms with Gasteiger partial charge in [0, 0.05) is 16.3 Å². The van der Waals surface area contributed by atoms with Gasteiger partial charge in [-0.3, -0.25) is 0 Å². The van der Waals surface area contributed by atoms with Crippen LogP contribution in [0.3, 0.4) is 0 Å². The standard InChI is InChI=1S/C20H18N4OS/c1-11-4-6-14(7-5-11)16-10-26-20(21-16)24-23-18-15-9-12(2)8-13(3)17(15)22-19(18)25/h4-10,22,25H,1-3H3. The number of aromatic nitrogens is 2. The van der Waals surface area contributed by atoms with E-state index in [-0.39, 0.29) is 5.88 Å². The van der Waals surface area contributed by atoms with Gasteiger partial charge in [0.1, 0.15) is 0 Å². The summed E-state index contributed by atoms with van der Waals surface area (Å²) in [6, 6.07) is 12.3. The van der Waals surface area contributed by atoms with Gasteiger partial charge in [-0.1, -0.05) is 41.5 Å². The third kappa shape index (κ3) is 2.99. The van der Waals surface area contributed by atoms with Crippen molar-refractivity contribution in [2.75, 3.05) is 0 Å². The van der Waals surface area contributed by atoms with Crippen LogP contribution in [0.5, 0.6) is 5.88 Å². The summed E-state index contributed by atoms with van der Waals surface area (Å²) in [5, 5.41) is 22.1. The molecule has 0 fully saturated rings. The fraction of sp³-hybridized carbons (Fsp3) is 0.150. The van der Waals surface area contributed by atoms with E-state index in [0.29, 0.717) is 10.8 Å². The van der Waals surface area contributed by atoms with Crippen molar-refractivity contribution in [1.82, 2.24) is 9.97 Å². The highest BCUT2D eigenvalue weighted by Gasteiger charge is 2.13. The summed E-state index contributed by atoms with van der Waals surface area (Å²) in [5.41, 5.74) is 6.63. The summed E-state index contributed by atoms with van der Waals surface area (Å²) in [7, 11) is 0. The van der Waals surface area contributed by atoms with E-state index in [9.17, 15) is 5.11 Å². The molecule has 0 aliphatic rings. The van der Waals surface area contributed by atoms with Gasteiger partial charge in [0.15, 0.2) is 5.69 Å². The first-order chi connectivity index (χ1) is 12.5. The summed E-state index contributed by atoms with van der Waals surface area (Å²) in [4.78, 5) is 7.50. The minimum absolute atomic E-state index is 0.0211. The van der Waals surface area contributed by atoms with Gasteiger partial charge in [0.2, 0.25) is 11.0 Å². The summed E-state index contributed by atoms with van der Waals surface area (Å²) in [6.07, 6.45) is 0. The van der Waals surface area contributed by atoms with Crippen LogP contribution in [0.4, 0.5) is 10.8 Å². The number of thiazole rings is 1. The van der Waals surface area contributed by atoms with Gasteiger partial charge < -0.3 is 10.1 Å². The van der Waals surface area contributed by atoms with Crippen molar-refractivity contribution in [3.05, 3.63) is 58.5 Å². The van der Waals surface area contributed by atoms with Crippen molar-refractivity contribution < 1.29 is 5.11 Å². The highest BCUT2D eigenvalue weighted by Crippen LogP contribution is 2.38. The molecule has 5 nitrogen and oxygen atoms in total. The Balaban J connectivity index is 1.68. The number of fused-ring (bicyclic) bond motifs is 1. The molecule has 6 heteroatoms. The van der Waals surface area contributed by atoms with E-state index >= 15 is 0 Å². The largest absolute Gasteiger partial charge is 0.493 e. The van der Waals surface area contributed by atoms with Gasteiger partial charge >= 0.3 is 0 Å². The molecule has 0 saturated carbocycles. The molecule has 0 atom stereocenters. The summed E-state index contributed by atoms with van der Waals surface area (Å²) in [6.45, 7) is 6.08. The van der Waals surface area contributed by atoms with Gasteiger partial charge in [-0.05, 0) is 32.4 Å². The number of hydrogen-bond acceptors (Lipinski definition) is 5. The lowest BCUT2D eigenvalue weighted by Crippen LogP contribution is -1.78. The predicted molar refractivity (Wildman–Crippen MR) is 106 cm³/mol. The van der Waals surface area contributed by atoms with Crippen LogP contribution in [0.2, 0.25) is 0 Å². The molecule has 2 aromatic heterocycles. The van der Waals surface area contributed by atoms with Gasteiger partial charge in [-0.15, -0.1) is 21.6 Å². The van der Waals surface area contributed by atoms with Crippen LogP contribution in [-0.2, 0) is 0 Å². The zero-order chi connectivity index (χ0) is 18.3. The molecule has 0 saturated heterocycles. The Labute approximate surface area is 155 Å². The van der Waals surface area contributed by atoms with Crippen LogP contribution in [-0.4, -0.2) is 15.1 Å². The molecule has 0 aliphatic carbocycles. The molecule has 0 radical (unpaired) electrons. The molecule has 0 spiro atoms. The molecule has 4 aromatic rings. The van der Waals surface area contributed by atoms with E-state index in [1.54, 1.807) is 0 Å². The minimum atomic E-state index is 0.0211. The van der Waals surface area contributed by atoms with E-state index < -0.39 is 0 Å². The van der Waals surface area contributed by atoms with Crippen LogP contribution in [0.1, 0.15) is 16.7 Å². The topological polar surface area (TPSA) is 73.6 Å². The summed E-state index contributed by atoms with van der Waals surface area (Å²) >= 11 is 1.42. The van der Waals surface area contributed by atoms with Gasteiger partial charge in [0.05, 0.1) is 11.2 Å². The molecular formula is C20H18N4OS. The Hall–Kier alpha value is -2.99. The molecule has 130 valence electrons. The molecule has 26 heavy (non-hydrogen) atoms. The van der Waals surface area contributed by atoms with E-state index in [4.69, 9.17) is 0 Å². The number of azo groups is 1. The lowest BCUT2D eigenvalue weighted by Gasteiger charge is -1.98. The number of aromatic amines is 1. The summed E-state index contributed by atoms with van der Waals surface area (Å²) in [5.74, 6) is 0.0211. The molecule has 2 heterocycles. The highest BCUT2D eigenvalue weighted by molar-refractivity contribution is 7.13.